The number of fused-ring (bicyclic) bond motifs is 2. The Balaban J connectivity index is 1.19. The number of nitrogens with one attached hydrogen (secondary N) is 1. The van der Waals surface area contributed by atoms with Crippen LogP contribution in [0.5, 0.6) is 0 Å². The van der Waals surface area contributed by atoms with Crippen LogP contribution in [0.2, 0.25) is 0 Å². The number of pyridine rings is 1. The zero-order valence-corrected chi connectivity index (χ0v) is 21.5. The number of nitrogens with zero attached hydrogens (tertiary/aromatic N) is 7. The number of imidazole rings is 2. The van der Waals surface area contributed by atoms with Crippen LogP contribution < -0.4 is 10.2 Å². The van der Waals surface area contributed by atoms with Crippen LogP contribution in [-0.4, -0.2) is 68.0 Å². The van der Waals surface area contributed by atoms with Gasteiger partial charge in [0, 0.05) is 37.0 Å². The molecule has 40 heavy (non-hydrogen) atoms. The average Bonchev–Trinajstić information content (AvgIpc) is 3.58. The summed E-state index contributed by atoms with van der Waals surface area (Å²) in [6, 6.07) is 13.4. The van der Waals surface area contributed by atoms with Crippen LogP contribution in [0, 0.1) is 5.82 Å². The SMILES string of the molecule is O=C(Nc1cn2nc(-c3c(-c4ccc(F)cc4)nc4n3CCOC4)ccc2n1)c1ccnc(N2CCOCC2)c1. The average molecular weight is 541 g/mol. The molecule has 0 atom stereocenters. The summed E-state index contributed by atoms with van der Waals surface area (Å²) >= 11 is 0. The molecule has 0 bridgehead atoms. The summed E-state index contributed by atoms with van der Waals surface area (Å²) in [4.78, 5) is 28.9. The predicted molar refractivity (Wildman–Crippen MR) is 144 cm³/mol. The van der Waals surface area contributed by atoms with Crippen molar-refractivity contribution in [3.8, 4) is 22.6 Å². The molecule has 2 aliphatic rings. The van der Waals surface area contributed by atoms with Gasteiger partial charge in [0.2, 0.25) is 0 Å². The quantitative estimate of drug-likeness (QED) is 0.361. The van der Waals surface area contributed by atoms with E-state index in [1.54, 1.807) is 41.2 Å². The summed E-state index contributed by atoms with van der Waals surface area (Å²) in [5.41, 5.74) is 4.04. The summed E-state index contributed by atoms with van der Waals surface area (Å²) in [5, 5.41) is 7.68. The lowest BCUT2D eigenvalue weighted by Crippen LogP contribution is -2.36. The minimum absolute atomic E-state index is 0.288. The molecule has 0 unspecified atom stereocenters. The number of hydrogen-bond acceptors (Lipinski definition) is 8. The lowest BCUT2D eigenvalue weighted by molar-refractivity contribution is 0.0821. The van der Waals surface area contributed by atoms with Crippen LogP contribution in [0.15, 0.2) is 60.9 Å². The first-order valence-corrected chi connectivity index (χ1v) is 13.0. The van der Waals surface area contributed by atoms with Gasteiger partial charge in [0.1, 0.15) is 29.8 Å². The van der Waals surface area contributed by atoms with Gasteiger partial charge in [-0.05, 0) is 48.5 Å². The van der Waals surface area contributed by atoms with Crippen molar-refractivity contribution in [2.75, 3.05) is 43.1 Å². The van der Waals surface area contributed by atoms with Gasteiger partial charge in [-0.1, -0.05) is 0 Å². The third kappa shape index (κ3) is 4.56. The fourth-order valence-electron chi connectivity index (χ4n) is 5.02. The molecule has 0 aliphatic carbocycles. The fourth-order valence-corrected chi connectivity index (χ4v) is 5.02. The number of aromatic nitrogens is 6. The summed E-state index contributed by atoms with van der Waals surface area (Å²) in [7, 11) is 0. The molecular weight excluding hydrogens is 515 g/mol. The van der Waals surface area contributed by atoms with Crippen molar-refractivity contribution >= 4 is 23.2 Å². The highest BCUT2D eigenvalue weighted by Crippen LogP contribution is 2.33. The molecule has 0 saturated carbocycles. The summed E-state index contributed by atoms with van der Waals surface area (Å²) in [6.45, 7) is 4.31. The van der Waals surface area contributed by atoms with Crippen molar-refractivity contribution in [3.05, 3.63) is 78.1 Å². The van der Waals surface area contributed by atoms with E-state index in [1.165, 1.54) is 12.1 Å². The second kappa shape index (κ2) is 10.1. The molecule has 5 aromatic rings. The zero-order chi connectivity index (χ0) is 27.1. The van der Waals surface area contributed by atoms with Gasteiger partial charge in [0.15, 0.2) is 11.5 Å². The number of hydrogen-bond donors (Lipinski definition) is 1. The normalized spacial score (nSPS) is 15.3. The van der Waals surface area contributed by atoms with Crippen molar-refractivity contribution in [2.24, 2.45) is 0 Å². The van der Waals surface area contributed by atoms with Crippen LogP contribution in [0.25, 0.3) is 28.3 Å². The van der Waals surface area contributed by atoms with Crippen molar-refractivity contribution in [3.63, 3.8) is 0 Å². The Hall–Kier alpha value is -4.68. The third-order valence-corrected chi connectivity index (χ3v) is 7.00. The van der Waals surface area contributed by atoms with E-state index < -0.39 is 0 Å². The van der Waals surface area contributed by atoms with Gasteiger partial charge >= 0.3 is 0 Å². The Morgan fingerprint density at radius 1 is 0.950 bits per heavy atom. The molecule has 4 aromatic heterocycles. The van der Waals surface area contributed by atoms with E-state index in [0.717, 1.165) is 36.0 Å². The van der Waals surface area contributed by atoms with Gasteiger partial charge in [-0.3, -0.25) is 4.79 Å². The molecule has 1 N–H and O–H groups in total. The fraction of sp³-hybridized carbons (Fsp3) is 0.250. The maximum absolute atomic E-state index is 13.6. The standard InChI is InChI=1S/C28H25FN8O3/c29-20-3-1-18(2-4-20)26-27(36-11-14-40-17-25(36)33-26)21-5-6-23-31-22(16-37(23)34-21)32-28(38)19-7-8-30-24(15-19)35-9-12-39-13-10-35/h1-8,15-16H,9-14,17H2,(H,32,38). The minimum Gasteiger partial charge on any atom is -0.378 e. The van der Waals surface area contributed by atoms with Crippen molar-refractivity contribution in [1.29, 1.82) is 0 Å². The molecular formula is C28H25FN8O3. The van der Waals surface area contributed by atoms with Gasteiger partial charge in [-0.25, -0.2) is 23.9 Å². The number of anilines is 2. The largest absolute Gasteiger partial charge is 0.378 e. The first kappa shape index (κ1) is 24.4. The Morgan fingerprint density at radius 3 is 2.62 bits per heavy atom. The zero-order valence-electron chi connectivity index (χ0n) is 21.5. The number of amides is 1. The van der Waals surface area contributed by atoms with Crippen LogP contribution >= 0.6 is 0 Å². The van der Waals surface area contributed by atoms with Crippen LogP contribution in [0.1, 0.15) is 16.2 Å². The van der Waals surface area contributed by atoms with Crippen molar-refractivity contribution < 1.29 is 18.7 Å². The number of halogens is 1. The van der Waals surface area contributed by atoms with Gasteiger partial charge in [-0.15, -0.1) is 0 Å². The van der Waals surface area contributed by atoms with E-state index in [0.29, 0.717) is 61.4 Å². The molecule has 202 valence electrons. The topological polar surface area (TPSA) is 112 Å². The molecule has 1 saturated heterocycles. The first-order valence-electron chi connectivity index (χ1n) is 13.0. The lowest BCUT2D eigenvalue weighted by Gasteiger charge is -2.27. The monoisotopic (exact) mass is 540 g/mol. The molecule has 11 nitrogen and oxygen atoms in total. The van der Waals surface area contributed by atoms with E-state index >= 15 is 0 Å². The molecule has 7 rings (SSSR count). The number of carbonyl (C=O) groups excluding carboxylic acids is 1. The lowest BCUT2D eigenvalue weighted by atomic mass is 10.1. The second-order valence-electron chi connectivity index (χ2n) is 9.54. The molecule has 0 radical (unpaired) electrons. The smallest absolute Gasteiger partial charge is 0.257 e. The second-order valence-corrected chi connectivity index (χ2v) is 9.54. The van der Waals surface area contributed by atoms with E-state index in [1.807, 2.05) is 12.1 Å². The number of rotatable bonds is 5. The predicted octanol–water partition coefficient (Wildman–Crippen LogP) is 3.41. The van der Waals surface area contributed by atoms with Crippen LogP contribution in [-0.2, 0) is 22.6 Å². The number of morpholine rings is 1. The van der Waals surface area contributed by atoms with E-state index in [4.69, 9.17) is 19.6 Å². The maximum atomic E-state index is 13.6. The molecule has 12 heteroatoms. The number of ether oxygens (including phenoxy) is 2. The van der Waals surface area contributed by atoms with Crippen LogP contribution in [0.3, 0.4) is 0 Å². The number of benzene rings is 1. The molecule has 6 heterocycles. The van der Waals surface area contributed by atoms with Crippen molar-refractivity contribution in [2.45, 2.75) is 13.2 Å². The molecule has 2 aliphatic heterocycles. The summed E-state index contributed by atoms with van der Waals surface area (Å²) in [6.07, 6.45) is 3.31. The number of carbonyl (C=O) groups is 1. The van der Waals surface area contributed by atoms with Gasteiger partial charge in [0.25, 0.3) is 5.91 Å². The molecule has 1 amide bonds. The Bertz CT molecular complexity index is 1710. The Morgan fingerprint density at radius 2 is 1.77 bits per heavy atom. The summed E-state index contributed by atoms with van der Waals surface area (Å²) in [5.74, 6) is 1.30. The van der Waals surface area contributed by atoms with Crippen molar-refractivity contribution in [1.82, 2.24) is 29.1 Å². The molecule has 1 aromatic carbocycles. The van der Waals surface area contributed by atoms with E-state index in [-0.39, 0.29) is 11.7 Å². The molecule has 0 spiro atoms. The van der Waals surface area contributed by atoms with Gasteiger partial charge < -0.3 is 24.3 Å². The highest BCUT2D eigenvalue weighted by molar-refractivity contribution is 6.04. The Kier molecular flexibility index (Phi) is 6.17. The highest BCUT2D eigenvalue weighted by Gasteiger charge is 2.24. The minimum atomic E-state index is -0.311. The third-order valence-electron chi connectivity index (χ3n) is 7.00. The summed E-state index contributed by atoms with van der Waals surface area (Å²) < 4.78 is 28.4. The van der Waals surface area contributed by atoms with E-state index in [2.05, 4.69) is 24.8 Å². The molecule has 1 fully saturated rings. The van der Waals surface area contributed by atoms with Crippen LogP contribution in [0.4, 0.5) is 16.0 Å². The Labute approximate surface area is 228 Å². The maximum Gasteiger partial charge on any atom is 0.257 e. The van der Waals surface area contributed by atoms with Gasteiger partial charge in [0.05, 0.1) is 37.4 Å². The first-order chi connectivity index (χ1) is 19.6. The van der Waals surface area contributed by atoms with E-state index in [9.17, 15) is 9.18 Å². The highest BCUT2D eigenvalue weighted by atomic mass is 19.1. The van der Waals surface area contributed by atoms with Gasteiger partial charge in [-0.2, -0.15) is 5.10 Å².